The van der Waals surface area contributed by atoms with Crippen molar-refractivity contribution in [2.24, 2.45) is 0 Å². The van der Waals surface area contributed by atoms with E-state index >= 15 is 0 Å². The van der Waals surface area contributed by atoms with Gasteiger partial charge in [-0.25, -0.2) is 0 Å². The first-order valence-corrected chi connectivity index (χ1v) is 12.9. The molecule has 0 unspecified atom stereocenters. The minimum Gasteiger partial charge on any atom is -0.354 e. The Morgan fingerprint density at radius 2 is 1.64 bits per heavy atom. The molecule has 33 heavy (non-hydrogen) atoms. The average Bonchev–Trinajstić information content (AvgIpc) is 3.49. The maximum absolute atomic E-state index is 13.4. The second kappa shape index (κ2) is 9.66. The van der Waals surface area contributed by atoms with Gasteiger partial charge in [0.15, 0.2) is 0 Å². The lowest BCUT2D eigenvalue weighted by atomic mass is 9.78. The van der Waals surface area contributed by atoms with E-state index in [1.54, 1.807) is 11.8 Å². The van der Waals surface area contributed by atoms with Crippen LogP contribution in [0, 0.1) is 0 Å². The molecule has 5 rings (SSSR count). The van der Waals surface area contributed by atoms with E-state index < -0.39 is 5.41 Å². The minimum atomic E-state index is -0.425. The number of hydrogen-bond acceptors (Lipinski definition) is 2. The van der Waals surface area contributed by atoms with Gasteiger partial charge in [0, 0.05) is 33.1 Å². The molecule has 1 amide bonds. The zero-order chi connectivity index (χ0) is 22.7. The van der Waals surface area contributed by atoms with Crippen molar-refractivity contribution < 1.29 is 4.79 Å². The molecule has 0 aliphatic heterocycles. The van der Waals surface area contributed by atoms with E-state index in [4.69, 9.17) is 11.6 Å². The normalized spacial score (nSPS) is 15.1. The number of halogens is 1. The maximum atomic E-state index is 13.4. The predicted molar refractivity (Wildman–Crippen MR) is 139 cm³/mol. The summed E-state index contributed by atoms with van der Waals surface area (Å²) >= 11 is 7.88. The van der Waals surface area contributed by atoms with Crippen molar-refractivity contribution in [3.05, 3.63) is 89.4 Å². The highest BCUT2D eigenvalue weighted by Gasteiger charge is 2.42. The lowest BCUT2D eigenvalue weighted by Crippen LogP contribution is -2.43. The second-order valence-corrected chi connectivity index (χ2v) is 10.2. The Bertz CT molecular complexity index is 1240. The van der Waals surface area contributed by atoms with Crippen LogP contribution in [-0.2, 0) is 10.2 Å². The van der Waals surface area contributed by atoms with E-state index in [1.807, 2.05) is 30.3 Å². The Balaban J connectivity index is 1.30. The molecule has 0 bridgehead atoms. The van der Waals surface area contributed by atoms with Crippen molar-refractivity contribution in [1.29, 1.82) is 0 Å². The summed E-state index contributed by atoms with van der Waals surface area (Å²) in [6.07, 6.45) is 3.96. The number of hydrogen-bond donors (Lipinski definition) is 2. The topological polar surface area (TPSA) is 44.9 Å². The third kappa shape index (κ3) is 4.42. The molecule has 0 saturated heterocycles. The molecule has 4 aromatic rings. The lowest BCUT2D eigenvalue weighted by molar-refractivity contribution is -0.126. The molecule has 5 heteroatoms. The SMILES string of the molecule is O=C(NCCSc1c(-c2ccccc2)[nH]c2ccccc12)C1(c2ccc(Cl)cc2)CCCC1. The molecule has 1 fully saturated rings. The summed E-state index contributed by atoms with van der Waals surface area (Å²) in [6, 6.07) is 26.6. The summed E-state index contributed by atoms with van der Waals surface area (Å²) in [5.41, 5.74) is 4.10. The van der Waals surface area contributed by atoms with Crippen LogP contribution < -0.4 is 5.32 Å². The van der Waals surface area contributed by atoms with Crippen LogP contribution in [0.5, 0.6) is 0 Å². The van der Waals surface area contributed by atoms with E-state index in [1.165, 1.54) is 15.8 Å². The molecule has 3 nitrogen and oxygen atoms in total. The smallest absolute Gasteiger partial charge is 0.230 e. The second-order valence-electron chi connectivity index (χ2n) is 8.64. The number of amides is 1. The molecule has 168 valence electrons. The summed E-state index contributed by atoms with van der Waals surface area (Å²) in [5, 5.41) is 5.17. The Labute approximate surface area is 203 Å². The fourth-order valence-electron chi connectivity index (χ4n) is 4.96. The average molecular weight is 475 g/mol. The van der Waals surface area contributed by atoms with Crippen molar-refractivity contribution >= 4 is 40.2 Å². The van der Waals surface area contributed by atoms with E-state index in [0.717, 1.165) is 48.2 Å². The number of para-hydroxylation sites is 1. The van der Waals surface area contributed by atoms with E-state index in [2.05, 4.69) is 58.8 Å². The highest BCUT2D eigenvalue weighted by Crippen LogP contribution is 2.42. The van der Waals surface area contributed by atoms with Crippen molar-refractivity contribution in [3.8, 4) is 11.3 Å². The maximum Gasteiger partial charge on any atom is 0.230 e. The number of fused-ring (bicyclic) bond motifs is 1. The first-order chi connectivity index (χ1) is 16.2. The summed E-state index contributed by atoms with van der Waals surface area (Å²) in [7, 11) is 0. The molecule has 1 aliphatic carbocycles. The summed E-state index contributed by atoms with van der Waals surface area (Å²) in [6.45, 7) is 0.632. The molecular weight excluding hydrogens is 448 g/mol. The van der Waals surface area contributed by atoms with Gasteiger partial charge in [-0.2, -0.15) is 0 Å². The number of aromatic nitrogens is 1. The molecule has 1 saturated carbocycles. The van der Waals surface area contributed by atoms with Gasteiger partial charge in [-0.3, -0.25) is 4.79 Å². The molecule has 3 aromatic carbocycles. The first kappa shape index (κ1) is 22.1. The number of carbonyl (C=O) groups excluding carboxylic acids is 1. The van der Waals surface area contributed by atoms with Gasteiger partial charge in [0.1, 0.15) is 0 Å². The zero-order valence-electron chi connectivity index (χ0n) is 18.4. The third-order valence-corrected chi connectivity index (χ3v) is 8.02. The van der Waals surface area contributed by atoms with Gasteiger partial charge >= 0.3 is 0 Å². The summed E-state index contributed by atoms with van der Waals surface area (Å²) in [4.78, 5) is 18.2. The molecule has 1 heterocycles. The highest BCUT2D eigenvalue weighted by atomic mass is 35.5. The predicted octanol–water partition coefficient (Wildman–Crippen LogP) is 7.21. The molecule has 0 spiro atoms. The standard InChI is InChI=1S/C28H27ClN2OS/c29-22-14-12-21(13-15-22)28(16-6-7-17-28)27(32)30-18-19-33-26-23-10-4-5-11-24(23)31-25(26)20-8-2-1-3-9-20/h1-5,8-15,31H,6-7,16-19H2,(H,30,32). The van der Waals surface area contributed by atoms with Gasteiger partial charge < -0.3 is 10.3 Å². The van der Waals surface area contributed by atoms with Crippen molar-refractivity contribution in [3.63, 3.8) is 0 Å². The van der Waals surface area contributed by atoms with Crippen LogP contribution >= 0.6 is 23.4 Å². The Morgan fingerprint density at radius 1 is 0.939 bits per heavy atom. The summed E-state index contributed by atoms with van der Waals surface area (Å²) < 4.78 is 0. The number of benzene rings is 3. The Morgan fingerprint density at radius 3 is 2.39 bits per heavy atom. The van der Waals surface area contributed by atoms with Crippen LogP contribution in [0.2, 0.25) is 5.02 Å². The van der Waals surface area contributed by atoms with Gasteiger partial charge in [-0.05, 0) is 42.2 Å². The van der Waals surface area contributed by atoms with Gasteiger partial charge in [0.05, 0.1) is 11.1 Å². The van der Waals surface area contributed by atoms with Crippen LogP contribution in [0.15, 0.2) is 83.8 Å². The number of H-pyrrole nitrogens is 1. The van der Waals surface area contributed by atoms with Crippen LogP contribution in [-0.4, -0.2) is 23.2 Å². The van der Waals surface area contributed by atoms with Crippen LogP contribution in [0.25, 0.3) is 22.2 Å². The number of nitrogens with one attached hydrogen (secondary N) is 2. The summed E-state index contributed by atoms with van der Waals surface area (Å²) in [5.74, 6) is 0.953. The lowest BCUT2D eigenvalue weighted by Gasteiger charge is -2.28. The number of thioether (sulfide) groups is 1. The van der Waals surface area contributed by atoms with Crippen molar-refractivity contribution in [2.45, 2.75) is 36.0 Å². The van der Waals surface area contributed by atoms with Gasteiger partial charge in [-0.15, -0.1) is 11.8 Å². The zero-order valence-corrected chi connectivity index (χ0v) is 20.0. The fourth-order valence-corrected chi connectivity index (χ4v) is 6.14. The quantitative estimate of drug-likeness (QED) is 0.219. The Hall–Kier alpha value is -2.69. The van der Waals surface area contributed by atoms with E-state index in [9.17, 15) is 4.79 Å². The van der Waals surface area contributed by atoms with Crippen molar-refractivity contribution in [2.75, 3.05) is 12.3 Å². The molecule has 0 radical (unpaired) electrons. The van der Waals surface area contributed by atoms with Gasteiger partial charge in [0.2, 0.25) is 5.91 Å². The van der Waals surface area contributed by atoms with Gasteiger partial charge in [-0.1, -0.05) is 85.1 Å². The first-order valence-electron chi connectivity index (χ1n) is 11.5. The molecule has 1 aliphatic rings. The number of carbonyl (C=O) groups is 1. The number of rotatable bonds is 7. The molecular formula is C28H27ClN2OS. The molecule has 1 aromatic heterocycles. The third-order valence-electron chi connectivity index (χ3n) is 6.64. The monoisotopic (exact) mass is 474 g/mol. The number of aromatic amines is 1. The largest absolute Gasteiger partial charge is 0.354 e. The van der Waals surface area contributed by atoms with E-state index in [0.29, 0.717) is 11.6 Å². The van der Waals surface area contributed by atoms with Crippen LogP contribution in [0.3, 0.4) is 0 Å². The van der Waals surface area contributed by atoms with Crippen molar-refractivity contribution in [1.82, 2.24) is 10.3 Å². The fraction of sp³-hybridized carbons (Fsp3) is 0.250. The molecule has 0 atom stereocenters. The van der Waals surface area contributed by atoms with Gasteiger partial charge in [0.25, 0.3) is 0 Å². The van der Waals surface area contributed by atoms with E-state index in [-0.39, 0.29) is 5.91 Å². The minimum absolute atomic E-state index is 0.144. The van der Waals surface area contributed by atoms with Crippen LogP contribution in [0.1, 0.15) is 31.2 Å². The highest BCUT2D eigenvalue weighted by molar-refractivity contribution is 7.99. The van der Waals surface area contributed by atoms with Crippen LogP contribution in [0.4, 0.5) is 0 Å². The molecule has 2 N–H and O–H groups in total. The Kier molecular flexibility index (Phi) is 6.48.